The Bertz CT molecular complexity index is 3220. The Hall–Kier alpha value is -7.53. The second-order valence-electron chi connectivity index (χ2n) is 15.0. The van der Waals surface area contributed by atoms with Gasteiger partial charge in [0.2, 0.25) is 0 Å². The van der Waals surface area contributed by atoms with Crippen molar-refractivity contribution >= 4 is 83.7 Å². The molecule has 12 rings (SSSR count). The third-order valence-electron chi connectivity index (χ3n) is 11.9. The second kappa shape index (κ2) is 13.0. The molecule has 7 aromatic carbocycles. The first-order chi connectivity index (χ1) is 29.2. The van der Waals surface area contributed by atoms with Crippen molar-refractivity contribution in [2.24, 2.45) is 0 Å². The van der Waals surface area contributed by atoms with Crippen LogP contribution in [0.15, 0.2) is 207 Å². The lowest BCUT2D eigenvalue weighted by atomic mass is 10.0. The molecule has 1 aliphatic rings. The summed E-state index contributed by atoms with van der Waals surface area (Å²) in [7, 11) is -3.18. The van der Waals surface area contributed by atoms with Crippen LogP contribution in [-0.2, 0) is 4.57 Å². The van der Waals surface area contributed by atoms with Crippen LogP contribution in [0.4, 0.5) is 17.1 Å². The summed E-state index contributed by atoms with van der Waals surface area (Å²) in [5, 5.41) is 7.16. The Balaban J connectivity index is 1.11. The second-order valence-corrected chi connectivity index (χ2v) is 17.7. The Morgan fingerprint density at radius 3 is 1.47 bits per heavy atom. The molecule has 7 heteroatoms. The number of rotatable bonds is 5. The normalized spacial score (nSPS) is 13.3. The summed E-state index contributed by atoms with van der Waals surface area (Å²) in [6.07, 6.45) is 7.67. The SMILES string of the molecule is O=P1(c2ccccc2)c2ccccc2N(c2cccc(-c3cc(-n4c5ccccc5c5ccncc54)cc(-n4c5ccccc5c5ccncc54)c3)c2)c2ccccc21. The average molecular weight is 776 g/mol. The minimum absolute atomic E-state index is 0.832. The van der Waals surface area contributed by atoms with Gasteiger partial charge in [0.25, 0.3) is 0 Å². The molecule has 0 atom stereocenters. The highest BCUT2D eigenvalue weighted by molar-refractivity contribution is 7.86. The highest BCUT2D eigenvalue weighted by Gasteiger charge is 2.40. The molecule has 0 saturated carbocycles. The number of benzene rings is 7. The van der Waals surface area contributed by atoms with Gasteiger partial charge in [-0.1, -0.05) is 103 Å². The standard InChI is InChI=1S/C52H34N5OP/c58-59(40-15-2-1-3-16-40)51-23-10-8-21-47(51)55(48-22-9-11-24-52(48)59)37-14-12-13-35(29-37)36-30-38(56-45-19-6-4-17-41(45)43-25-27-53-33-49(43)56)32-39(31-36)57-46-20-7-5-18-42(46)44-26-28-54-34-50(44)57/h1-34H. The predicted molar refractivity (Wildman–Crippen MR) is 244 cm³/mol. The van der Waals surface area contributed by atoms with Crippen LogP contribution in [0.3, 0.4) is 0 Å². The van der Waals surface area contributed by atoms with Crippen LogP contribution in [0, 0.1) is 0 Å². The van der Waals surface area contributed by atoms with E-state index in [0.29, 0.717) is 0 Å². The first-order valence-electron chi connectivity index (χ1n) is 19.7. The Labute approximate surface area is 340 Å². The monoisotopic (exact) mass is 775 g/mol. The van der Waals surface area contributed by atoms with E-state index in [0.717, 1.165) is 88.3 Å². The van der Waals surface area contributed by atoms with E-state index < -0.39 is 7.14 Å². The third-order valence-corrected chi connectivity index (χ3v) is 15.0. The number of anilines is 3. The van der Waals surface area contributed by atoms with Gasteiger partial charge in [0.15, 0.2) is 7.14 Å². The summed E-state index contributed by atoms with van der Waals surface area (Å²) >= 11 is 0. The predicted octanol–water partition coefficient (Wildman–Crippen LogP) is 11.8. The van der Waals surface area contributed by atoms with Gasteiger partial charge in [-0.3, -0.25) is 9.97 Å². The molecule has 11 aromatic rings. The van der Waals surface area contributed by atoms with Crippen molar-refractivity contribution in [1.82, 2.24) is 19.1 Å². The van der Waals surface area contributed by atoms with Crippen LogP contribution in [0.5, 0.6) is 0 Å². The molecule has 6 nitrogen and oxygen atoms in total. The molecule has 278 valence electrons. The molecule has 0 radical (unpaired) electrons. The third kappa shape index (κ3) is 4.97. The average Bonchev–Trinajstić information content (AvgIpc) is 3.83. The van der Waals surface area contributed by atoms with Gasteiger partial charge < -0.3 is 18.6 Å². The van der Waals surface area contributed by atoms with Crippen LogP contribution in [0.1, 0.15) is 0 Å². The van der Waals surface area contributed by atoms with E-state index in [9.17, 15) is 0 Å². The van der Waals surface area contributed by atoms with E-state index in [1.165, 1.54) is 10.8 Å². The molecule has 0 amide bonds. The molecule has 0 unspecified atom stereocenters. The molecule has 5 heterocycles. The molecule has 0 saturated heterocycles. The summed E-state index contributed by atoms with van der Waals surface area (Å²) in [6.45, 7) is 0. The minimum Gasteiger partial charge on any atom is -0.309 e. The maximum absolute atomic E-state index is 15.6. The Morgan fingerprint density at radius 1 is 0.390 bits per heavy atom. The van der Waals surface area contributed by atoms with E-state index in [4.69, 9.17) is 0 Å². The summed E-state index contributed by atoms with van der Waals surface area (Å²) in [4.78, 5) is 11.5. The number of hydrogen-bond acceptors (Lipinski definition) is 4. The van der Waals surface area contributed by atoms with Gasteiger partial charge in [0.1, 0.15) is 0 Å². The smallest absolute Gasteiger partial charge is 0.175 e. The maximum atomic E-state index is 15.6. The molecule has 4 aromatic heterocycles. The van der Waals surface area contributed by atoms with Crippen molar-refractivity contribution in [3.63, 3.8) is 0 Å². The first-order valence-corrected chi connectivity index (χ1v) is 21.5. The molecule has 0 spiro atoms. The maximum Gasteiger partial charge on any atom is 0.175 e. The van der Waals surface area contributed by atoms with Gasteiger partial charge >= 0.3 is 0 Å². The van der Waals surface area contributed by atoms with Gasteiger partial charge in [-0.2, -0.15) is 0 Å². The summed E-state index contributed by atoms with van der Waals surface area (Å²) in [6, 6.07) is 63.2. The lowest BCUT2D eigenvalue weighted by Crippen LogP contribution is -2.36. The van der Waals surface area contributed by atoms with Crippen LogP contribution in [0.25, 0.3) is 66.1 Å². The molecule has 0 N–H and O–H groups in total. The fourth-order valence-corrected chi connectivity index (χ4v) is 12.3. The van der Waals surface area contributed by atoms with Crippen LogP contribution >= 0.6 is 7.14 Å². The van der Waals surface area contributed by atoms with Crippen LogP contribution in [-0.4, -0.2) is 19.1 Å². The lowest BCUT2D eigenvalue weighted by Gasteiger charge is -2.38. The number of para-hydroxylation sites is 4. The quantitative estimate of drug-likeness (QED) is 0.163. The van der Waals surface area contributed by atoms with Crippen molar-refractivity contribution in [3.05, 3.63) is 207 Å². The number of pyridine rings is 2. The van der Waals surface area contributed by atoms with E-state index in [-0.39, 0.29) is 0 Å². The molecule has 0 bridgehead atoms. The largest absolute Gasteiger partial charge is 0.309 e. The highest BCUT2D eigenvalue weighted by Crippen LogP contribution is 2.54. The van der Waals surface area contributed by atoms with Gasteiger partial charge in [0.05, 0.1) is 45.8 Å². The number of nitrogens with zero attached hydrogens (tertiary/aromatic N) is 5. The zero-order valence-electron chi connectivity index (χ0n) is 31.7. The Kier molecular flexibility index (Phi) is 7.40. The topological polar surface area (TPSA) is 56.0 Å². The molecular formula is C52H34N5OP. The fraction of sp³-hybridized carbons (Fsp3) is 0. The van der Waals surface area contributed by atoms with Gasteiger partial charge in [-0.05, 0) is 90.0 Å². The number of hydrogen-bond donors (Lipinski definition) is 0. The number of fused-ring (bicyclic) bond motifs is 8. The van der Waals surface area contributed by atoms with Crippen LogP contribution < -0.4 is 20.8 Å². The van der Waals surface area contributed by atoms with E-state index in [1.54, 1.807) is 0 Å². The minimum atomic E-state index is -3.18. The summed E-state index contributed by atoms with van der Waals surface area (Å²) < 4.78 is 20.2. The van der Waals surface area contributed by atoms with Crippen molar-refractivity contribution in [3.8, 4) is 22.5 Å². The summed E-state index contributed by atoms with van der Waals surface area (Å²) in [5.41, 5.74) is 11.3. The number of aromatic nitrogens is 4. The van der Waals surface area contributed by atoms with Crippen molar-refractivity contribution in [2.75, 3.05) is 4.90 Å². The van der Waals surface area contributed by atoms with Crippen molar-refractivity contribution in [1.29, 1.82) is 0 Å². The molecule has 0 aliphatic carbocycles. The fourth-order valence-electron chi connectivity index (χ4n) is 9.33. The molecule has 1 aliphatic heterocycles. The summed E-state index contributed by atoms with van der Waals surface area (Å²) in [5.74, 6) is 0. The van der Waals surface area contributed by atoms with Gasteiger partial charge in [-0.25, -0.2) is 0 Å². The Morgan fingerprint density at radius 2 is 0.881 bits per heavy atom. The lowest BCUT2D eigenvalue weighted by molar-refractivity contribution is 0.592. The molecular weight excluding hydrogens is 742 g/mol. The van der Waals surface area contributed by atoms with Crippen LogP contribution in [0.2, 0.25) is 0 Å². The first kappa shape index (κ1) is 33.6. The van der Waals surface area contributed by atoms with Gasteiger partial charge in [-0.15, -0.1) is 0 Å². The van der Waals surface area contributed by atoms with Crippen molar-refractivity contribution < 1.29 is 4.57 Å². The molecule has 0 fully saturated rings. The van der Waals surface area contributed by atoms with E-state index in [1.807, 2.05) is 91.5 Å². The van der Waals surface area contributed by atoms with Crippen molar-refractivity contribution in [2.45, 2.75) is 0 Å². The zero-order chi connectivity index (χ0) is 39.1. The van der Waals surface area contributed by atoms with E-state index >= 15 is 4.57 Å². The van der Waals surface area contributed by atoms with E-state index in [2.05, 4.69) is 139 Å². The molecule has 59 heavy (non-hydrogen) atoms. The highest BCUT2D eigenvalue weighted by atomic mass is 31.2. The zero-order valence-corrected chi connectivity index (χ0v) is 32.6. The van der Waals surface area contributed by atoms with Gasteiger partial charge in [0, 0.05) is 66.9 Å².